The maximum absolute atomic E-state index is 11.6. The maximum Gasteiger partial charge on any atom is 0.303 e. The van der Waals surface area contributed by atoms with E-state index in [1.165, 1.54) is 6.20 Å². The normalized spacial score (nSPS) is 11.9. The van der Waals surface area contributed by atoms with Crippen molar-refractivity contribution in [3.05, 3.63) is 24.7 Å². The minimum Gasteiger partial charge on any atom is -0.275 e. The van der Waals surface area contributed by atoms with Crippen molar-refractivity contribution >= 4 is 10.2 Å². The van der Waals surface area contributed by atoms with Gasteiger partial charge in [-0.15, -0.1) is 10.2 Å². The Kier molecular flexibility index (Phi) is 2.65. The van der Waals surface area contributed by atoms with Crippen molar-refractivity contribution in [1.82, 2.24) is 34.4 Å². The molecule has 0 saturated carbocycles. The number of nitrogens with one attached hydrogen (secondary N) is 1. The lowest BCUT2D eigenvalue weighted by Crippen LogP contribution is -2.22. The fraction of sp³-hybridized carbons (Fsp3) is 0.111. The van der Waals surface area contributed by atoms with Gasteiger partial charge in [0.15, 0.2) is 0 Å². The largest absolute Gasteiger partial charge is 0.303 e. The van der Waals surface area contributed by atoms with Crippen molar-refractivity contribution in [1.29, 1.82) is 0 Å². The van der Waals surface area contributed by atoms with Crippen molar-refractivity contribution in [3.8, 4) is 22.6 Å². The Balaban J connectivity index is 2.29. The average molecular weight is 294 g/mol. The second kappa shape index (κ2) is 4.25. The minimum absolute atomic E-state index is 0.128. The number of hydrogen-bond acceptors (Lipinski definition) is 6. The standard InChI is InChI=1S/C9H10N8O2S/c1-16-5-6(4-11-16)7-2-3-17(20(10,18)19)8(7)9-12-14-15-13-9/h2-5H,1H3,(H2,10,18,19)(H,12,13,14,15). The van der Waals surface area contributed by atoms with E-state index in [1.54, 1.807) is 30.2 Å². The quantitative estimate of drug-likeness (QED) is 0.643. The first-order valence-electron chi connectivity index (χ1n) is 5.44. The zero-order valence-electron chi connectivity index (χ0n) is 10.3. The van der Waals surface area contributed by atoms with Crippen LogP contribution in [-0.4, -0.2) is 42.8 Å². The zero-order chi connectivity index (χ0) is 14.3. The molecule has 0 aliphatic rings. The van der Waals surface area contributed by atoms with Gasteiger partial charge in [-0.25, -0.2) is 9.11 Å². The lowest BCUT2D eigenvalue weighted by molar-refractivity contribution is 0.589. The van der Waals surface area contributed by atoms with Crippen LogP contribution in [0.1, 0.15) is 0 Å². The summed E-state index contributed by atoms with van der Waals surface area (Å²) in [6.45, 7) is 0. The summed E-state index contributed by atoms with van der Waals surface area (Å²) in [6.07, 6.45) is 4.68. The lowest BCUT2D eigenvalue weighted by atomic mass is 10.1. The van der Waals surface area contributed by atoms with E-state index in [0.717, 1.165) is 9.54 Å². The Morgan fingerprint density at radius 3 is 2.75 bits per heavy atom. The third-order valence-corrected chi connectivity index (χ3v) is 3.55. The summed E-state index contributed by atoms with van der Waals surface area (Å²) < 4.78 is 25.8. The molecule has 0 spiro atoms. The number of hydrogen-bond donors (Lipinski definition) is 2. The van der Waals surface area contributed by atoms with Crippen molar-refractivity contribution in [3.63, 3.8) is 0 Å². The molecule has 11 heteroatoms. The molecule has 0 amide bonds. The second-order valence-corrected chi connectivity index (χ2v) is 5.48. The monoisotopic (exact) mass is 294 g/mol. The molecule has 0 aromatic carbocycles. The molecule has 3 heterocycles. The van der Waals surface area contributed by atoms with Crippen LogP contribution in [-0.2, 0) is 17.3 Å². The molecule has 20 heavy (non-hydrogen) atoms. The van der Waals surface area contributed by atoms with Gasteiger partial charge in [-0.05, 0) is 11.3 Å². The number of rotatable bonds is 3. The van der Waals surface area contributed by atoms with Gasteiger partial charge in [0, 0.05) is 30.6 Å². The topological polar surface area (TPSA) is 137 Å². The summed E-state index contributed by atoms with van der Waals surface area (Å²) in [7, 11) is -2.21. The van der Waals surface area contributed by atoms with Gasteiger partial charge in [-0.2, -0.15) is 18.7 Å². The molecule has 3 aromatic heterocycles. The van der Waals surface area contributed by atoms with Gasteiger partial charge in [0.05, 0.1) is 6.20 Å². The van der Waals surface area contributed by atoms with E-state index in [-0.39, 0.29) is 11.5 Å². The van der Waals surface area contributed by atoms with Gasteiger partial charge in [0.25, 0.3) is 0 Å². The predicted molar refractivity (Wildman–Crippen MR) is 68.3 cm³/mol. The second-order valence-electron chi connectivity index (χ2n) is 4.06. The first-order valence-corrected chi connectivity index (χ1v) is 6.94. The molecule has 3 rings (SSSR count). The average Bonchev–Trinajstić information content (AvgIpc) is 3.05. The van der Waals surface area contributed by atoms with Crippen LogP contribution in [0.25, 0.3) is 22.6 Å². The van der Waals surface area contributed by atoms with Gasteiger partial charge >= 0.3 is 10.2 Å². The van der Waals surface area contributed by atoms with Crippen LogP contribution in [0, 0.1) is 0 Å². The number of aromatic amines is 1. The van der Waals surface area contributed by atoms with Crippen molar-refractivity contribution < 1.29 is 8.42 Å². The van der Waals surface area contributed by atoms with Crippen molar-refractivity contribution in [2.45, 2.75) is 0 Å². The van der Waals surface area contributed by atoms with Crippen LogP contribution in [0.5, 0.6) is 0 Å². The number of nitrogens with two attached hydrogens (primary N) is 1. The van der Waals surface area contributed by atoms with E-state index in [9.17, 15) is 8.42 Å². The highest BCUT2D eigenvalue weighted by molar-refractivity contribution is 7.87. The Bertz CT molecular complexity index is 845. The van der Waals surface area contributed by atoms with Gasteiger partial charge in [0.2, 0.25) is 5.82 Å². The Hall–Kier alpha value is -2.53. The summed E-state index contributed by atoms with van der Waals surface area (Å²) in [4.78, 5) is 0. The minimum atomic E-state index is -3.97. The van der Waals surface area contributed by atoms with E-state index >= 15 is 0 Å². The van der Waals surface area contributed by atoms with Gasteiger partial charge < -0.3 is 0 Å². The molecule has 0 atom stereocenters. The highest BCUT2D eigenvalue weighted by atomic mass is 32.2. The number of H-pyrrole nitrogens is 1. The van der Waals surface area contributed by atoms with E-state index in [0.29, 0.717) is 5.56 Å². The van der Waals surface area contributed by atoms with Crippen LogP contribution in [0.4, 0.5) is 0 Å². The summed E-state index contributed by atoms with van der Waals surface area (Å²) in [5.74, 6) is 0.128. The number of aromatic nitrogens is 7. The SMILES string of the molecule is Cn1cc(-c2ccn(S(N)(=O)=O)c2-c2nn[nH]n2)cn1. The van der Waals surface area contributed by atoms with Gasteiger partial charge in [-0.3, -0.25) is 4.68 Å². The fourth-order valence-corrected chi connectivity index (χ4v) is 2.57. The van der Waals surface area contributed by atoms with E-state index in [4.69, 9.17) is 5.14 Å². The van der Waals surface area contributed by atoms with Crippen LogP contribution < -0.4 is 5.14 Å². The van der Waals surface area contributed by atoms with Crippen molar-refractivity contribution in [2.24, 2.45) is 12.2 Å². The molecule has 0 fully saturated rings. The molecule has 0 radical (unpaired) electrons. The Labute approximate surface area is 113 Å². The molecule has 0 bridgehead atoms. The molecule has 3 aromatic rings. The maximum atomic E-state index is 11.6. The van der Waals surface area contributed by atoms with E-state index in [1.807, 2.05) is 0 Å². The third-order valence-electron chi connectivity index (χ3n) is 2.70. The van der Waals surface area contributed by atoms with Crippen LogP contribution >= 0.6 is 0 Å². The van der Waals surface area contributed by atoms with Crippen LogP contribution in [0.3, 0.4) is 0 Å². The molecule has 0 unspecified atom stereocenters. The smallest absolute Gasteiger partial charge is 0.275 e. The first-order chi connectivity index (χ1) is 9.47. The first kappa shape index (κ1) is 12.5. The molecule has 0 aliphatic heterocycles. The third kappa shape index (κ3) is 1.98. The molecule has 10 nitrogen and oxygen atoms in total. The Morgan fingerprint density at radius 1 is 1.40 bits per heavy atom. The zero-order valence-corrected chi connectivity index (χ0v) is 11.1. The highest BCUT2D eigenvalue weighted by Gasteiger charge is 2.22. The molecule has 3 N–H and O–H groups in total. The predicted octanol–water partition coefficient (Wildman–Crippen LogP) is -0.880. The lowest BCUT2D eigenvalue weighted by Gasteiger charge is -2.04. The Morgan fingerprint density at radius 2 is 2.20 bits per heavy atom. The molecular formula is C9H10N8O2S. The highest BCUT2D eigenvalue weighted by Crippen LogP contribution is 2.31. The molecular weight excluding hydrogens is 284 g/mol. The number of tetrazole rings is 1. The number of aryl methyl sites for hydroxylation is 1. The van der Waals surface area contributed by atoms with Crippen molar-refractivity contribution in [2.75, 3.05) is 0 Å². The van der Waals surface area contributed by atoms with Gasteiger partial charge in [0.1, 0.15) is 5.69 Å². The molecule has 0 saturated heterocycles. The summed E-state index contributed by atoms with van der Waals surface area (Å²) in [5, 5.41) is 22.6. The summed E-state index contributed by atoms with van der Waals surface area (Å²) >= 11 is 0. The van der Waals surface area contributed by atoms with Crippen LogP contribution in [0.15, 0.2) is 24.7 Å². The van der Waals surface area contributed by atoms with Crippen LogP contribution in [0.2, 0.25) is 0 Å². The fourth-order valence-electron chi connectivity index (χ4n) is 1.90. The molecule has 104 valence electrons. The summed E-state index contributed by atoms with van der Waals surface area (Å²) in [6, 6.07) is 1.60. The number of nitrogens with zero attached hydrogens (tertiary/aromatic N) is 6. The summed E-state index contributed by atoms with van der Waals surface area (Å²) in [5.41, 5.74) is 1.54. The van der Waals surface area contributed by atoms with E-state index in [2.05, 4.69) is 25.7 Å². The molecule has 0 aliphatic carbocycles. The van der Waals surface area contributed by atoms with Gasteiger partial charge in [-0.1, -0.05) is 0 Å². The van der Waals surface area contributed by atoms with E-state index < -0.39 is 10.2 Å².